The van der Waals surface area contributed by atoms with Gasteiger partial charge in [0.25, 0.3) is 0 Å². The summed E-state index contributed by atoms with van der Waals surface area (Å²) in [4.78, 5) is 28.4. The van der Waals surface area contributed by atoms with Crippen molar-refractivity contribution in [2.45, 2.75) is 37.3 Å². The quantitative estimate of drug-likeness (QED) is 0.495. The van der Waals surface area contributed by atoms with Crippen molar-refractivity contribution in [3.8, 4) is 17.2 Å². The van der Waals surface area contributed by atoms with Gasteiger partial charge in [0.2, 0.25) is 0 Å². The van der Waals surface area contributed by atoms with Gasteiger partial charge in [0.05, 0.1) is 36.9 Å². The number of carbonyl (C=O) groups is 2. The summed E-state index contributed by atoms with van der Waals surface area (Å²) in [5, 5.41) is 9.37. The van der Waals surface area contributed by atoms with E-state index in [4.69, 9.17) is 9.47 Å². The summed E-state index contributed by atoms with van der Waals surface area (Å²) in [6.07, 6.45) is 1.00. The molecule has 0 saturated carbocycles. The van der Waals surface area contributed by atoms with Crippen LogP contribution in [0.15, 0.2) is 72.8 Å². The molecule has 0 spiro atoms. The first-order chi connectivity index (χ1) is 18.1. The summed E-state index contributed by atoms with van der Waals surface area (Å²) in [7, 11) is 0. The largest absolute Gasteiger partial charge is 0.448 e. The second kappa shape index (κ2) is 9.84. The molecule has 2 saturated heterocycles. The van der Waals surface area contributed by atoms with Crippen molar-refractivity contribution in [3.63, 3.8) is 0 Å². The van der Waals surface area contributed by atoms with Gasteiger partial charge >= 0.3 is 6.09 Å². The van der Waals surface area contributed by atoms with Crippen LogP contribution < -0.4 is 0 Å². The van der Waals surface area contributed by atoms with Crippen LogP contribution in [-0.2, 0) is 20.7 Å². The predicted molar refractivity (Wildman–Crippen MR) is 138 cm³/mol. The molecule has 2 unspecified atom stereocenters. The van der Waals surface area contributed by atoms with Crippen molar-refractivity contribution in [2.75, 3.05) is 19.8 Å². The third-order valence-electron chi connectivity index (χ3n) is 8.03. The van der Waals surface area contributed by atoms with Gasteiger partial charge in [0.1, 0.15) is 12.4 Å². The van der Waals surface area contributed by atoms with E-state index in [0.29, 0.717) is 31.6 Å². The number of hydrogen-bond acceptors (Lipinski definition) is 5. The van der Waals surface area contributed by atoms with Crippen LogP contribution in [0.2, 0.25) is 0 Å². The molecule has 2 bridgehead atoms. The van der Waals surface area contributed by atoms with E-state index in [2.05, 4.69) is 30.3 Å². The number of piperidine rings is 1. The second-order valence-corrected chi connectivity index (χ2v) is 10.1. The zero-order valence-electron chi connectivity index (χ0n) is 20.5. The van der Waals surface area contributed by atoms with Crippen LogP contribution in [0.4, 0.5) is 4.79 Å². The Balaban J connectivity index is 1.14. The molecule has 1 amide bonds. The number of morpholine rings is 1. The van der Waals surface area contributed by atoms with Crippen LogP contribution in [0.5, 0.6) is 0 Å². The number of Topliss-reactive ketones (excluding diaryl/α,β-unsaturated/α-hetero) is 1. The van der Waals surface area contributed by atoms with Crippen LogP contribution >= 0.6 is 0 Å². The summed E-state index contributed by atoms with van der Waals surface area (Å²) in [5.74, 6) is -0.0400. The smallest absolute Gasteiger partial charge is 0.410 e. The van der Waals surface area contributed by atoms with Crippen LogP contribution in [0.1, 0.15) is 41.0 Å². The summed E-state index contributed by atoms with van der Waals surface area (Å²) in [6, 6.07) is 25.6. The Hall–Kier alpha value is -3.95. The molecule has 2 atom stereocenters. The van der Waals surface area contributed by atoms with E-state index in [0.717, 1.165) is 5.56 Å². The molecule has 1 aliphatic carbocycles. The Labute approximate surface area is 216 Å². The molecule has 2 aliphatic heterocycles. The van der Waals surface area contributed by atoms with Gasteiger partial charge in [0.15, 0.2) is 0 Å². The standard InChI is InChI=1S/C31H28N2O4/c32-16-21-8-2-1-7-20(21)15-30(34)22-13-23-17-36-18-24(14-22)33(23)31(35)37-19-29-27-11-5-3-9-25(27)26-10-4-6-12-28(26)29/h1-12,22-24,29H,13-15,17-19H2. The third kappa shape index (κ3) is 4.30. The molecule has 6 heteroatoms. The van der Waals surface area contributed by atoms with E-state index in [1.54, 1.807) is 12.1 Å². The van der Waals surface area contributed by atoms with Crippen molar-refractivity contribution in [2.24, 2.45) is 5.92 Å². The molecule has 3 aliphatic rings. The minimum absolute atomic E-state index is 0.00626. The lowest BCUT2D eigenvalue weighted by molar-refractivity contribution is -0.130. The first kappa shape index (κ1) is 23.4. The van der Waals surface area contributed by atoms with E-state index >= 15 is 0 Å². The number of benzene rings is 3. The van der Waals surface area contributed by atoms with E-state index < -0.39 is 0 Å². The van der Waals surface area contributed by atoms with Gasteiger partial charge in [-0.25, -0.2) is 4.79 Å². The zero-order chi connectivity index (χ0) is 25.4. The fourth-order valence-corrected chi connectivity index (χ4v) is 6.26. The summed E-state index contributed by atoms with van der Waals surface area (Å²) in [5.41, 5.74) is 6.05. The van der Waals surface area contributed by atoms with Crippen molar-refractivity contribution in [1.29, 1.82) is 5.26 Å². The number of amides is 1. The van der Waals surface area contributed by atoms with Gasteiger partial charge in [-0.05, 0) is 46.7 Å². The predicted octanol–water partition coefficient (Wildman–Crippen LogP) is 5.10. The molecular formula is C31H28N2O4. The van der Waals surface area contributed by atoms with Crippen LogP contribution in [-0.4, -0.2) is 48.7 Å². The number of hydrogen-bond donors (Lipinski definition) is 0. The molecule has 186 valence electrons. The Morgan fingerprint density at radius 1 is 0.892 bits per heavy atom. The van der Waals surface area contributed by atoms with Gasteiger partial charge < -0.3 is 9.47 Å². The molecule has 2 fully saturated rings. The van der Waals surface area contributed by atoms with Crippen LogP contribution in [0.25, 0.3) is 11.1 Å². The average Bonchev–Trinajstić information content (AvgIpc) is 3.25. The lowest BCUT2D eigenvalue weighted by Crippen LogP contribution is -2.60. The van der Waals surface area contributed by atoms with E-state index in [1.807, 2.05) is 41.3 Å². The summed E-state index contributed by atoms with van der Waals surface area (Å²) >= 11 is 0. The number of ketones is 1. The number of carbonyl (C=O) groups excluding carboxylic acids is 2. The summed E-state index contributed by atoms with van der Waals surface area (Å²) in [6.45, 7) is 1.08. The van der Waals surface area contributed by atoms with Crippen molar-refractivity contribution >= 4 is 11.9 Å². The van der Waals surface area contributed by atoms with Gasteiger partial charge in [-0.1, -0.05) is 66.7 Å². The maximum Gasteiger partial charge on any atom is 0.410 e. The lowest BCUT2D eigenvalue weighted by atomic mass is 9.81. The molecule has 0 N–H and O–H groups in total. The van der Waals surface area contributed by atoms with Crippen LogP contribution in [0, 0.1) is 17.2 Å². The summed E-state index contributed by atoms with van der Waals surface area (Å²) < 4.78 is 11.7. The lowest BCUT2D eigenvalue weighted by Gasteiger charge is -2.47. The molecule has 2 heterocycles. The monoisotopic (exact) mass is 492 g/mol. The first-order valence-electron chi connectivity index (χ1n) is 12.9. The minimum atomic E-state index is -0.333. The fourth-order valence-electron chi connectivity index (χ4n) is 6.26. The number of rotatable bonds is 5. The molecule has 6 rings (SSSR count). The normalized spacial score (nSPS) is 22.0. The number of fused-ring (bicyclic) bond motifs is 5. The Morgan fingerprint density at radius 3 is 2.14 bits per heavy atom. The van der Waals surface area contributed by atoms with Crippen LogP contribution in [0.3, 0.4) is 0 Å². The highest BCUT2D eigenvalue weighted by Gasteiger charge is 2.44. The Bertz CT molecular complexity index is 1330. The van der Waals surface area contributed by atoms with E-state index in [-0.39, 0.29) is 48.8 Å². The number of ether oxygens (including phenoxy) is 2. The van der Waals surface area contributed by atoms with Gasteiger partial charge in [0, 0.05) is 18.3 Å². The fraction of sp³-hybridized carbons (Fsp3) is 0.323. The minimum Gasteiger partial charge on any atom is -0.448 e. The van der Waals surface area contributed by atoms with Gasteiger partial charge in [-0.2, -0.15) is 5.26 Å². The third-order valence-corrected chi connectivity index (χ3v) is 8.03. The molecular weight excluding hydrogens is 464 g/mol. The van der Waals surface area contributed by atoms with E-state index in [1.165, 1.54) is 22.3 Å². The maximum atomic E-state index is 13.4. The van der Waals surface area contributed by atoms with Crippen molar-refractivity contribution < 1.29 is 19.1 Å². The highest BCUT2D eigenvalue weighted by molar-refractivity contribution is 5.84. The highest BCUT2D eigenvalue weighted by atomic mass is 16.6. The zero-order valence-corrected chi connectivity index (χ0v) is 20.5. The molecule has 3 aromatic carbocycles. The average molecular weight is 493 g/mol. The molecule has 3 aromatic rings. The SMILES string of the molecule is N#Cc1ccccc1CC(=O)C1CC2COCC(C1)N2C(=O)OCC1c2ccccc2-c2ccccc21. The molecule has 37 heavy (non-hydrogen) atoms. The van der Waals surface area contributed by atoms with Crippen molar-refractivity contribution in [3.05, 3.63) is 95.1 Å². The Morgan fingerprint density at radius 2 is 1.49 bits per heavy atom. The van der Waals surface area contributed by atoms with Gasteiger partial charge in [-0.3, -0.25) is 9.69 Å². The molecule has 0 radical (unpaired) electrons. The molecule has 0 aromatic heterocycles. The Kier molecular flexibility index (Phi) is 6.23. The number of nitriles is 1. The van der Waals surface area contributed by atoms with Crippen molar-refractivity contribution in [1.82, 2.24) is 4.90 Å². The second-order valence-electron chi connectivity index (χ2n) is 10.1. The van der Waals surface area contributed by atoms with Gasteiger partial charge in [-0.15, -0.1) is 0 Å². The first-order valence-corrected chi connectivity index (χ1v) is 12.9. The maximum absolute atomic E-state index is 13.4. The van der Waals surface area contributed by atoms with E-state index in [9.17, 15) is 14.9 Å². The molecule has 6 nitrogen and oxygen atoms in total. The topological polar surface area (TPSA) is 79.6 Å². The highest BCUT2D eigenvalue weighted by Crippen LogP contribution is 2.44. The number of nitrogens with zero attached hydrogens (tertiary/aromatic N) is 2.